The average molecular weight is 365 g/mol. The summed E-state index contributed by atoms with van der Waals surface area (Å²) in [5, 5.41) is 21.6. The van der Waals surface area contributed by atoms with Crippen LogP contribution >= 0.6 is 0 Å². The third-order valence-corrected chi connectivity index (χ3v) is 9.82. The molecule has 4 saturated carbocycles. The molecular weight excluding hydrogens is 328 g/mol. The van der Waals surface area contributed by atoms with Crippen molar-refractivity contribution in [3.63, 3.8) is 0 Å². The lowest BCUT2D eigenvalue weighted by Crippen LogP contribution is -2.56. The van der Waals surface area contributed by atoms with Crippen LogP contribution in [0.25, 0.3) is 0 Å². The summed E-state index contributed by atoms with van der Waals surface area (Å²) in [5.41, 5.74) is 0.427. The van der Waals surface area contributed by atoms with Crippen molar-refractivity contribution in [2.75, 3.05) is 13.2 Å². The Hall–Kier alpha value is -0.160. The molecule has 0 aromatic rings. The first-order valence-electron chi connectivity index (χ1n) is 10.9. The maximum absolute atomic E-state index is 11.2. The van der Waals surface area contributed by atoms with Crippen LogP contribution < -0.4 is 0 Å². The van der Waals surface area contributed by atoms with Crippen LogP contribution in [0.4, 0.5) is 0 Å². The van der Waals surface area contributed by atoms with Gasteiger partial charge in [0, 0.05) is 12.8 Å². The second-order valence-electron chi connectivity index (χ2n) is 10.7. The normalized spacial score (nSPS) is 56.2. The smallest absolute Gasteiger partial charge is 0.168 e. The summed E-state index contributed by atoms with van der Waals surface area (Å²) in [6, 6.07) is 0. The van der Waals surface area contributed by atoms with Gasteiger partial charge in [-0.15, -0.1) is 0 Å². The molecule has 9 atom stereocenters. The number of aliphatic hydroxyl groups is 2. The molecule has 0 radical (unpaired) electrons. The number of ether oxygens (including phenoxy) is 2. The summed E-state index contributed by atoms with van der Waals surface area (Å²) in [6.07, 6.45) is 7.03. The Balaban J connectivity index is 1.46. The predicted octanol–water partition coefficient (Wildman–Crippen LogP) is 3.35. The first-order valence-corrected chi connectivity index (χ1v) is 10.9. The van der Waals surface area contributed by atoms with Gasteiger partial charge in [-0.25, -0.2) is 0 Å². The van der Waals surface area contributed by atoms with Crippen molar-refractivity contribution in [1.29, 1.82) is 0 Å². The zero-order valence-electron chi connectivity index (χ0n) is 16.6. The van der Waals surface area contributed by atoms with Gasteiger partial charge in [0.2, 0.25) is 0 Å². The highest BCUT2D eigenvalue weighted by molar-refractivity contribution is 5.15. The maximum Gasteiger partial charge on any atom is 0.168 e. The van der Waals surface area contributed by atoms with E-state index in [0.717, 1.165) is 32.1 Å². The van der Waals surface area contributed by atoms with Crippen molar-refractivity contribution in [1.82, 2.24) is 0 Å². The van der Waals surface area contributed by atoms with Gasteiger partial charge in [-0.3, -0.25) is 0 Å². The molecule has 1 heterocycles. The van der Waals surface area contributed by atoms with Gasteiger partial charge in [-0.1, -0.05) is 13.8 Å². The largest absolute Gasteiger partial charge is 0.393 e. The van der Waals surface area contributed by atoms with Crippen molar-refractivity contribution in [3.8, 4) is 0 Å². The van der Waals surface area contributed by atoms with Crippen LogP contribution in [-0.4, -0.2) is 41.4 Å². The first kappa shape index (κ1) is 17.9. The van der Waals surface area contributed by atoms with Crippen molar-refractivity contribution in [2.45, 2.75) is 83.7 Å². The highest BCUT2D eigenvalue weighted by Crippen LogP contribution is 2.71. The van der Waals surface area contributed by atoms with Crippen LogP contribution in [0, 0.1) is 40.4 Å². The fraction of sp³-hybridized carbons (Fsp3) is 1.00. The fourth-order valence-corrected chi connectivity index (χ4v) is 8.60. The van der Waals surface area contributed by atoms with E-state index >= 15 is 0 Å². The van der Waals surface area contributed by atoms with E-state index < -0.39 is 5.79 Å². The van der Waals surface area contributed by atoms with E-state index in [1.54, 1.807) is 0 Å². The van der Waals surface area contributed by atoms with Gasteiger partial charge in [0.1, 0.15) is 0 Å². The predicted molar refractivity (Wildman–Crippen MR) is 98.3 cm³/mol. The van der Waals surface area contributed by atoms with Gasteiger partial charge < -0.3 is 19.7 Å². The lowest BCUT2D eigenvalue weighted by Gasteiger charge is -2.57. The van der Waals surface area contributed by atoms with Crippen LogP contribution in [0.5, 0.6) is 0 Å². The second-order valence-corrected chi connectivity index (χ2v) is 10.7. The number of rotatable bonds is 1. The van der Waals surface area contributed by atoms with Crippen molar-refractivity contribution in [2.24, 2.45) is 40.4 Å². The summed E-state index contributed by atoms with van der Waals surface area (Å²) in [5.74, 6) is 2.26. The van der Waals surface area contributed by atoms with E-state index in [1.165, 1.54) is 12.8 Å². The molecule has 5 fully saturated rings. The van der Waals surface area contributed by atoms with E-state index in [-0.39, 0.29) is 29.0 Å². The Morgan fingerprint density at radius 2 is 1.65 bits per heavy atom. The molecule has 4 aliphatic carbocycles. The molecule has 1 saturated heterocycles. The third-order valence-electron chi connectivity index (χ3n) is 9.82. The molecule has 148 valence electrons. The summed E-state index contributed by atoms with van der Waals surface area (Å²) >= 11 is 0. The van der Waals surface area contributed by atoms with E-state index in [0.29, 0.717) is 36.9 Å². The third kappa shape index (κ3) is 2.22. The summed E-state index contributed by atoms with van der Waals surface area (Å²) in [7, 11) is 0. The van der Waals surface area contributed by atoms with E-state index in [4.69, 9.17) is 9.47 Å². The average Bonchev–Trinajstić information content (AvgIpc) is 3.24. The molecule has 0 bridgehead atoms. The molecule has 2 N–H and O–H groups in total. The van der Waals surface area contributed by atoms with Crippen molar-refractivity contribution in [3.05, 3.63) is 0 Å². The van der Waals surface area contributed by atoms with E-state index in [1.807, 2.05) is 6.92 Å². The van der Waals surface area contributed by atoms with E-state index in [2.05, 4.69) is 13.8 Å². The zero-order valence-corrected chi connectivity index (χ0v) is 16.6. The van der Waals surface area contributed by atoms with Crippen molar-refractivity contribution >= 4 is 0 Å². The molecule has 0 unspecified atom stereocenters. The molecule has 26 heavy (non-hydrogen) atoms. The van der Waals surface area contributed by atoms with Gasteiger partial charge in [-0.2, -0.15) is 0 Å². The van der Waals surface area contributed by atoms with Crippen LogP contribution in [0.2, 0.25) is 0 Å². The molecular formula is C22H36O4. The molecule has 0 amide bonds. The van der Waals surface area contributed by atoms with Gasteiger partial charge >= 0.3 is 0 Å². The Morgan fingerprint density at radius 1 is 0.923 bits per heavy atom. The topological polar surface area (TPSA) is 58.9 Å². The molecule has 4 nitrogen and oxygen atoms in total. The molecule has 4 heteroatoms. The van der Waals surface area contributed by atoms with E-state index in [9.17, 15) is 10.2 Å². The number of fused-ring (bicyclic) bond motifs is 5. The van der Waals surface area contributed by atoms with Crippen LogP contribution in [0.1, 0.15) is 65.7 Å². The monoisotopic (exact) mass is 364 g/mol. The minimum atomic E-state index is -0.418. The second kappa shape index (κ2) is 5.68. The first-order chi connectivity index (χ1) is 12.3. The summed E-state index contributed by atoms with van der Waals surface area (Å²) < 4.78 is 12.0. The minimum absolute atomic E-state index is 0.180. The maximum atomic E-state index is 11.2. The number of hydrogen-bond donors (Lipinski definition) is 2. The molecule has 0 aromatic carbocycles. The highest BCUT2D eigenvalue weighted by atomic mass is 16.7. The minimum Gasteiger partial charge on any atom is -0.393 e. The molecule has 1 aliphatic heterocycles. The summed E-state index contributed by atoms with van der Waals surface area (Å²) in [6.45, 7) is 8.27. The summed E-state index contributed by atoms with van der Waals surface area (Å²) in [4.78, 5) is 0. The molecule has 0 aromatic heterocycles. The Bertz CT molecular complexity index is 570. The van der Waals surface area contributed by atoms with Gasteiger partial charge in [-0.05, 0) is 79.4 Å². The standard InChI is InChI=1S/C22H36O4/c1-13(23)15-4-5-16-14-10-19(24)18-12-22(25-8-9-26-22)7-6-20(18,2)17(14)11-21(15,16)3/h13-19,23-24H,4-12H2,1-3H3/t13-,14-,15-,16+,17+,18+,19-,20+,21+/m0/s1. The highest BCUT2D eigenvalue weighted by Gasteiger charge is 2.67. The molecule has 1 spiro atoms. The zero-order chi connectivity index (χ0) is 18.3. The number of hydrogen-bond acceptors (Lipinski definition) is 4. The SMILES string of the molecule is C[C@H](O)[C@@H]1CC[C@@H]2[C@@H]3C[C@H](O)[C@H]4CC5(CC[C@]4(C)[C@@H]3C[C@@]21C)OCCO5. The van der Waals surface area contributed by atoms with Crippen LogP contribution in [0.3, 0.4) is 0 Å². The van der Waals surface area contributed by atoms with Gasteiger partial charge in [0.25, 0.3) is 0 Å². The van der Waals surface area contributed by atoms with Crippen molar-refractivity contribution < 1.29 is 19.7 Å². The van der Waals surface area contributed by atoms with Gasteiger partial charge in [0.05, 0.1) is 25.4 Å². The van der Waals surface area contributed by atoms with Crippen LogP contribution in [-0.2, 0) is 9.47 Å². The number of aliphatic hydroxyl groups excluding tert-OH is 2. The van der Waals surface area contributed by atoms with Crippen LogP contribution in [0.15, 0.2) is 0 Å². The Labute approximate surface area is 157 Å². The lowest BCUT2D eigenvalue weighted by molar-refractivity contribution is -0.237. The fourth-order valence-electron chi connectivity index (χ4n) is 8.60. The lowest BCUT2D eigenvalue weighted by atomic mass is 9.50. The quantitative estimate of drug-likeness (QED) is 0.749. The molecule has 5 aliphatic rings. The Kier molecular flexibility index (Phi) is 3.91. The van der Waals surface area contributed by atoms with Gasteiger partial charge in [0.15, 0.2) is 5.79 Å². The Morgan fingerprint density at radius 3 is 2.35 bits per heavy atom. The molecule has 5 rings (SSSR count).